The number of nitrogens with zero attached hydrogens (tertiary/aromatic N) is 3. The SMILES string of the molecule is CC(C)C(=O)Nc1cc(CN2C(=O)N(c3ccc(SC(F)(F)F)cc3)C(=O)C2(C)C)ccn1. The number of carbonyl (C=O) groups excluding carboxylic acids is 3. The van der Waals surface area contributed by atoms with Crippen molar-refractivity contribution in [3.8, 4) is 0 Å². The third kappa shape index (κ3) is 5.47. The fraction of sp³-hybridized carbons (Fsp3) is 0.364. The number of rotatable bonds is 6. The van der Waals surface area contributed by atoms with Crippen LogP contribution < -0.4 is 10.2 Å². The van der Waals surface area contributed by atoms with Crippen molar-refractivity contribution in [3.05, 3.63) is 48.2 Å². The number of anilines is 2. The van der Waals surface area contributed by atoms with E-state index < -0.39 is 23.0 Å². The summed E-state index contributed by atoms with van der Waals surface area (Å²) in [5.74, 6) is -0.602. The molecule has 1 aromatic carbocycles. The number of carbonyl (C=O) groups is 3. The van der Waals surface area contributed by atoms with Gasteiger partial charge in [0.15, 0.2) is 0 Å². The summed E-state index contributed by atoms with van der Waals surface area (Å²) in [5.41, 5.74) is -4.79. The minimum atomic E-state index is -4.43. The Kier molecular flexibility index (Phi) is 6.73. The summed E-state index contributed by atoms with van der Waals surface area (Å²) in [6.45, 7) is 6.77. The molecule has 1 fully saturated rings. The molecule has 1 aromatic heterocycles. The van der Waals surface area contributed by atoms with Crippen LogP contribution in [0.3, 0.4) is 0 Å². The standard InChI is InChI=1S/C22H23F3N4O3S/c1-13(2)18(30)27-17-11-14(9-10-26-17)12-28-20(32)29(19(31)21(28,3)4)15-5-7-16(8-6-15)33-22(23,24)25/h5-11,13H,12H2,1-4H3,(H,26,27,30). The van der Waals surface area contributed by atoms with Crippen LogP contribution in [-0.4, -0.2) is 38.8 Å². The molecular weight excluding hydrogens is 457 g/mol. The number of hydrogen-bond donors (Lipinski definition) is 1. The minimum absolute atomic E-state index is 0.0470. The number of pyridine rings is 1. The number of urea groups is 1. The molecule has 0 bridgehead atoms. The summed E-state index contributed by atoms with van der Waals surface area (Å²) in [6.07, 6.45) is 1.50. The average Bonchev–Trinajstić information content (AvgIpc) is 2.87. The van der Waals surface area contributed by atoms with Crippen LogP contribution in [0.4, 0.5) is 29.5 Å². The zero-order valence-electron chi connectivity index (χ0n) is 18.4. The van der Waals surface area contributed by atoms with Crippen molar-refractivity contribution >= 4 is 41.1 Å². The Morgan fingerprint density at radius 1 is 1.15 bits per heavy atom. The first-order chi connectivity index (χ1) is 15.3. The maximum atomic E-state index is 13.2. The Labute approximate surface area is 193 Å². The monoisotopic (exact) mass is 480 g/mol. The molecule has 0 radical (unpaired) electrons. The van der Waals surface area contributed by atoms with Crippen LogP contribution in [0.25, 0.3) is 0 Å². The summed E-state index contributed by atoms with van der Waals surface area (Å²) in [4.78, 5) is 44.5. The molecular formula is C22H23F3N4O3S. The van der Waals surface area contributed by atoms with Crippen molar-refractivity contribution < 1.29 is 27.6 Å². The minimum Gasteiger partial charge on any atom is -0.310 e. The Hall–Kier alpha value is -3.08. The molecule has 0 aliphatic carbocycles. The number of aromatic nitrogens is 1. The molecule has 0 atom stereocenters. The van der Waals surface area contributed by atoms with Crippen molar-refractivity contribution in [2.45, 2.75) is 50.2 Å². The van der Waals surface area contributed by atoms with Gasteiger partial charge in [0, 0.05) is 23.6 Å². The van der Waals surface area contributed by atoms with E-state index in [0.717, 1.165) is 4.90 Å². The molecule has 7 nitrogen and oxygen atoms in total. The lowest BCUT2D eigenvalue weighted by atomic mass is 10.0. The van der Waals surface area contributed by atoms with Crippen LogP contribution in [0.1, 0.15) is 33.3 Å². The highest BCUT2D eigenvalue weighted by atomic mass is 32.2. The third-order valence-corrected chi connectivity index (χ3v) is 5.83. The van der Waals surface area contributed by atoms with Crippen LogP contribution >= 0.6 is 11.8 Å². The van der Waals surface area contributed by atoms with Gasteiger partial charge in [-0.2, -0.15) is 13.2 Å². The van der Waals surface area contributed by atoms with E-state index in [1.165, 1.54) is 35.4 Å². The van der Waals surface area contributed by atoms with Crippen LogP contribution in [-0.2, 0) is 16.1 Å². The summed E-state index contributed by atoms with van der Waals surface area (Å²) in [7, 11) is 0. The first-order valence-corrected chi connectivity index (χ1v) is 10.9. The Bertz CT molecular complexity index is 1070. The molecule has 1 aliphatic heterocycles. The molecule has 0 unspecified atom stereocenters. The molecule has 0 saturated carbocycles. The summed E-state index contributed by atoms with van der Waals surface area (Å²) in [5, 5.41) is 2.69. The number of halogens is 3. The lowest BCUT2D eigenvalue weighted by Crippen LogP contribution is -2.43. The molecule has 33 heavy (non-hydrogen) atoms. The Morgan fingerprint density at radius 3 is 2.36 bits per heavy atom. The van der Waals surface area contributed by atoms with Gasteiger partial charge in [0.2, 0.25) is 5.91 Å². The lowest BCUT2D eigenvalue weighted by Gasteiger charge is -2.27. The van der Waals surface area contributed by atoms with Gasteiger partial charge in [0.1, 0.15) is 11.4 Å². The van der Waals surface area contributed by atoms with Gasteiger partial charge in [-0.25, -0.2) is 14.7 Å². The summed E-state index contributed by atoms with van der Waals surface area (Å²) in [6, 6.07) is 7.77. The molecule has 1 saturated heterocycles. The highest BCUT2D eigenvalue weighted by Crippen LogP contribution is 2.39. The normalized spacial score (nSPS) is 16.0. The smallest absolute Gasteiger partial charge is 0.310 e. The zero-order chi connectivity index (χ0) is 24.6. The van der Waals surface area contributed by atoms with Gasteiger partial charge >= 0.3 is 11.5 Å². The van der Waals surface area contributed by atoms with Crippen LogP contribution in [0.2, 0.25) is 0 Å². The quantitative estimate of drug-likeness (QED) is 0.463. The second-order valence-corrected chi connectivity index (χ2v) is 9.44. The van der Waals surface area contributed by atoms with E-state index >= 15 is 0 Å². The first-order valence-electron chi connectivity index (χ1n) is 10.1. The van der Waals surface area contributed by atoms with Crippen molar-refractivity contribution in [2.75, 3.05) is 10.2 Å². The molecule has 2 heterocycles. The highest BCUT2D eigenvalue weighted by Gasteiger charge is 2.51. The Balaban J connectivity index is 1.82. The average molecular weight is 481 g/mol. The van der Waals surface area contributed by atoms with Gasteiger partial charge in [-0.3, -0.25) is 9.59 Å². The second-order valence-electron chi connectivity index (χ2n) is 8.30. The van der Waals surface area contributed by atoms with Crippen LogP contribution in [0.5, 0.6) is 0 Å². The van der Waals surface area contributed by atoms with Crippen molar-refractivity contribution in [1.29, 1.82) is 0 Å². The van der Waals surface area contributed by atoms with E-state index in [2.05, 4.69) is 10.3 Å². The number of thioether (sulfide) groups is 1. The zero-order valence-corrected chi connectivity index (χ0v) is 19.3. The fourth-order valence-corrected chi connectivity index (χ4v) is 3.76. The van der Waals surface area contributed by atoms with E-state index in [0.29, 0.717) is 11.4 Å². The summed E-state index contributed by atoms with van der Waals surface area (Å²) < 4.78 is 37.7. The molecule has 2 aromatic rings. The highest BCUT2D eigenvalue weighted by molar-refractivity contribution is 8.00. The molecule has 1 aliphatic rings. The van der Waals surface area contributed by atoms with Gasteiger partial charge in [-0.1, -0.05) is 13.8 Å². The van der Waals surface area contributed by atoms with Crippen molar-refractivity contribution in [3.63, 3.8) is 0 Å². The van der Waals surface area contributed by atoms with Crippen molar-refractivity contribution in [2.24, 2.45) is 5.92 Å². The predicted octanol–water partition coefficient (Wildman–Crippen LogP) is 5.04. The summed E-state index contributed by atoms with van der Waals surface area (Å²) >= 11 is -0.272. The van der Waals surface area contributed by atoms with Crippen LogP contribution in [0, 0.1) is 5.92 Å². The maximum Gasteiger partial charge on any atom is 0.446 e. The number of amides is 4. The molecule has 11 heteroatoms. The third-order valence-electron chi connectivity index (χ3n) is 5.09. The number of benzene rings is 1. The molecule has 0 spiro atoms. The fourth-order valence-electron chi connectivity index (χ4n) is 3.22. The lowest BCUT2D eigenvalue weighted by molar-refractivity contribution is -0.123. The van der Waals surface area contributed by atoms with E-state index in [9.17, 15) is 27.6 Å². The van der Waals surface area contributed by atoms with Crippen molar-refractivity contribution in [1.82, 2.24) is 9.88 Å². The number of imide groups is 1. The van der Waals surface area contributed by atoms with Gasteiger partial charge in [0.25, 0.3) is 5.91 Å². The van der Waals surface area contributed by atoms with Gasteiger partial charge in [0.05, 0.1) is 5.69 Å². The molecule has 176 valence electrons. The van der Waals surface area contributed by atoms with Gasteiger partial charge < -0.3 is 10.2 Å². The van der Waals surface area contributed by atoms with Gasteiger partial charge in [-0.05, 0) is 67.6 Å². The topological polar surface area (TPSA) is 82.6 Å². The Morgan fingerprint density at radius 2 is 1.79 bits per heavy atom. The largest absolute Gasteiger partial charge is 0.446 e. The van der Waals surface area contributed by atoms with E-state index in [1.807, 2.05) is 0 Å². The predicted molar refractivity (Wildman–Crippen MR) is 119 cm³/mol. The number of alkyl halides is 3. The molecule has 3 rings (SSSR count). The van der Waals surface area contributed by atoms with E-state index in [4.69, 9.17) is 0 Å². The van der Waals surface area contributed by atoms with E-state index in [1.54, 1.807) is 39.8 Å². The molecule has 1 N–H and O–H groups in total. The maximum absolute atomic E-state index is 13.2. The number of hydrogen-bond acceptors (Lipinski definition) is 5. The van der Waals surface area contributed by atoms with E-state index in [-0.39, 0.29) is 40.7 Å². The number of nitrogens with one attached hydrogen (secondary N) is 1. The van der Waals surface area contributed by atoms with Gasteiger partial charge in [-0.15, -0.1) is 0 Å². The second kappa shape index (κ2) is 9.05. The van der Waals surface area contributed by atoms with Crippen LogP contribution in [0.15, 0.2) is 47.5 Å². The molecule has 4 amide bonds. The first kappa shape index (κ1) is 24.6.